The Morgan fingerprint density at radius 1 is 1.06 bits per heavy atom. The Morgan fingerprint density at radius 3 is 2.61 bits per heavy atom. The first-order chi connectivity index (χ1) is 8.58. The van der Waals surface area contributed by atoms with Gasteiger partial charge in [0.2, 0.25) is 0 Å². The Labute approximate surface area is 113 Å². The third-order valence-corrected chi connectivity index (χ3v) is 2.96. The van der Waals surface area contributed by atoms with Crippen molar-refractivity contribution in [1.82, 2.24) is 0 Å². The lowest BCUT2D eigenvalue weighted by atomic mass is 10.2. The molecule has 0 amide bonds. The van der Waals surface area contributed by atoms with E-state index in [2.05, 4.69) is 5.32 Å². The molecule has 0 heterocycles. The van der Waals surface area contributed by atoms with Gasteiger partial charge in [-0.2, -0.15) is 0 Å². The standard InChI is InChI=1S/C13H9Cl2F2N/c14-9-4-5-11(16)8(6-9)7-18-12-3-1-2-10(15)13(12)17/h1-6,18H,7H2. The summed E-state index contributed by atoms with van der Waals surface area (Å²) in [5, 5.41) is 3.23. The molecule has 0 aliphatic heterocycles. The first-order valence-corrected chi connectivity index (χ1v) is 5.95. The summed E-state index contributed by atoms with van der Waals surface area (Å²) in [6.45, 7) is 0.129. The maximum atomic E-state index is 13.6. The van der Waals surface area contributed by atoms with E-state index in [-0.39, 0.29) is 17.3 Å². The molecule has 0 fully saturated rings. The fourth-order valence-corrected chi connectivity index (χ4v) is 1.88. The van der Waals surface area contributed by atoms with Crippen LogP contribution in [0.1, 0.15) is 5.56 Å². The van der Waals surface area contributed by atoms with Crippen molar-refractivity contribution >= 4 is 28.9 Å². The summed E-state index contributed by atoms with van der Waals surface area (Å²) >= 11 is 11.4. The maximum absolute atomic E-state index is 13.6. The Morgan fingerprint density at radius 2 is 1.83 bits per heavy atom. The van der Waals surface area contributed by atoms with Gasteiger partial charge in [-0.25, -0.2) is 8.78 Å². The molecule has 2 aromatic carbocycles. The number of nitrogens with one attached hydrogen (secondary N) is 1. The lowest BCUT2D eigenvalue weighted by molar-refractivity contribution is 0.610. The van der Waals surface area contributed by atoms with Gasteiger partial charge in [-0.05, 0) is 30.3 Å². The van der Waals surface area contributed by atoms with Gasteiger partial charge in [-0.3, -0.25) is 0 Å². The number of benzene rings is 2. The van der Waals surface area contributed by atoms with Gasteiger partial charge < -0.3 is 5.32 Å². The molecule has 94 valence electrons. The molecule has 0 aromatic heterocycles. The summed E-state index contributed by atoms with van der Waals surface area (Å²) < 4.78 is 27.0. The Balaban J connectivity index is 2.16. The largest absolute Gasteiger partial charge is 0.378 e. The van der Waals surface area contributed by atoms with Crippen molar-refractivity contribution in [2.75, 3.05) is 5.32 Å². The van der Waals surface area contributed by atoms with E-state index in [1.165, 1.54) is 30.3 Å². The molecular weight excluding hydrogens is 279 g/mol. The molecule has 0 bridgehead atoms. The van der Waals surface area contributed by atoms with Crippen molar-refractivity contribution in [1.29, 1.82) is 0 Å². The molecule has 0 aliphatic carbocycles. The van der Waals surface area contributed by atoms with Gasteiger partial charge in [-0.15, -0.1) is 0 Å². The third kappa shape index (κ3) is 2.92. The zero-order valence-electron chi connectivity index (χ0n) is 9.18. The molecule has 18 heavy (non-hydrogen) atoms. The average Bonchev–Trinajstić information content (AvgIpc) is 2.35. The van der Waals surface area contributed by atoms with E-state index in [0.717, 1.165) is 0 Å². The summed E-state index contributed by atoms with van der Waals surface area (Å²) in [5.74, 6) is -0.948. The number of hydrogen-bond acceptors (Lipinski definition) is 1. The Bertz CT molecular complexity index is 571. The van der Waals surface area contributed by atoms with Gasteiger partial charge >= 0.3 is 0 Å². The summed E-state index contributed by atoms with van der Waals surface area (Å²) in [6.07, 6.45) is 0. The molecule has 2 aromatic rings. The van der Waals surface area contributed by atoms with Gasteiger partial charge in [0.25, 0.3) is 0 Å². The van der Waals surface area contributed by atoms with Gasteiger partial charge in [-0.1, -0.05) is 29.3 Å². The molecular formula is C13H9Cl2F2N. The number of anilines is 1. The van der Waals surface area contributed by atoms with Gasteiger partial charge in [0.05, 0.1) is 10.7 Å². The van der Waals surface area contributed by atoms with Crippen molar-refractivity contribution < 1.29 is 8.78 Å². The van der Waals surface area contributed by atoms with Crippen LogP contribution in [-0.4, -0.2) is 0 Å². The lowest BCUT2D eigenvalue weighted by Gasteiger charge is -2.09. The number of halogens is 4. The summed E-state index contributed by atoms with van der Waals surface area (Å²) in [5.41, 5.74) is 0.587. The van der Waals surface area contributed by atoms with Crippen LogP contribution < -0.4 is 5.32 Å². The molecule has 0 atom stereocenters. The van der Waals surface area contributed by atoms with Crippen LogP contribution in [0, 0.1) is 11.6 Å². The zero-order chi connectivity index (χ0) is 13.1. The predicted molar refractivity (Wildman–Crippen MR) is 70.1 cm³/mol. The van der Waals surface area contributed by atoms with Crippen molar-refractivity contribution in [3.05, 3.63) is 63.6 Å². The van der Waals surface area contributed by atoms with Crippen LogP contribution in [0.25, 0.3) is 0 Å². The number of rotatable bonds is 3. The van der Waals surface area contributed by atoms with E-state index in [9.17, 15) is 8.78 Å². The van der Waals surface area contributed by atoms with Crippen LogP contribution in [0.2, 0.25) is 10.0 Å². The second kappa shape index (κ2) is 5.55. The van der Waals surface area contributed by atoms with E-state index in [1.54, 1.807) is 6.07 Å². The molecule has 0 spiro atoms. The van der Waals surface area contributed by atoms with Crippen LogP contribution in [-0.2, 0) is 6.54 Å². The van der Waals surface area contributed by atoms with Crippen LogP contribution >= 0.6 is 23.2 Å². The van der Waals surface area contributed by atoms with E-state index in [1.807, 2.05) is 0 Å². The van der Waals surface area contributed by atoms with Crippen LogP contribution in [0.4, 0.5) is 14.5 Å². The van der Waals surface area contributed by atoms with Gasteiger partial charge in [0.15, 0.2) is 5.82 Å². The highest BCUT2D eigenvalue weighted by Crippen LogP contribution is 2.23. The third-order valence-electron chi connectivity index (χ3n) is 2.43. The first kappa shape index (κ1) is 13.1. The topological polar surface area (TPSA) is 12.0 Å². The molecule has 1 nitrogen and oxygen atoms in total. The summed E-state index contributed by atoms with van der Waals surface area (Å²) in [6, 6.07) is 8.81. The maximum Gasteiger partial charge on any atom is 0.164 e. The van der Waals surface area contributed by atoms with E-state index >= 15 is 0 Å². The quantitative estimate of drug-likeness (QED) is 0.848. The lowest BCUT2D eigenvalue weighted by Crippen LogP contribution is -2.03. The fourth-order valence-electron chi connectivity index (χ4n) is 1.51. The smallest absolute Gasteiger partial charge is 0.164 e. The monoisotopic (exact) mass is 287 g/mol. The highest BCUT2D eigenvalue weighted by atomic mass is 35.5. The van der Waals surface area contributed by atoms with Crippen molar-refractivity contribution in [3.8, 4) is 0 Å². The molecule has 0 saturated heterocycles. The SMILES string of the molecule is Fc1ccc(Cl)cc1CNc1cccc(Cl)c1F. The van der Waals surface area contributed by atoms with Crippen LogP contribution in [0.3, 0.4) is 0 Å². The second-order valence-electron chi connectivity index (χ2n) is 3.69. The molecule has 1 N–H and O–H groups in total. The molecule has 0 saturated carbocycles. The van der Waals surface area contributed by atoms with E-state index in [4.69, 9.17) is 23.2 Å². The average molecular weight is 288 g/mol. The van der Waals surface area contributed by atoms with E-state index < -0.39 is 11.6 Å². The summed E-state index contributed by atoms with van der Waals surface area (Å²) in [4.78, 5) is 0. The van der Waals surface area contributed by atoms with Crippen molar-refractivity contribution in [2.45, 2.75) is 6.54 Å². The van der Waals surface area contributed by atoms with Crippen LogP contribution in [0.5, 0.6) is 0 Å². The highest BCUT2D eigenvalue weighted by molar-refractivity contribution is 6.31. The Hall–Kier alpha value is -1.32. The Kier molecular flexibility index (Phi) is 4.04. The van der Waals surface area contributed by atoms with E-state index in [0.29, 0.717) is 10.6 Å². The minimum Gasteiger partial charge on any atom is -0.378 e. The zero-order valence-corrected chi connectivity index (χ0v) is 10.7. The van der Waals surface area contributed by atoms with Crippen molar-refractivity contribution in [2.24, 2.45) is 0 Å². The van der Waals surface area contributed by atoms with Crippen molar-refractivity contribution in [3.63, 3.8) is 0 Å². The first-order valence-electron chi connectivity index (χ1n) is 5.20. The minimum atomic E-state index is -0.554. The molecule has 2 rings (SSSR count). The normalized spacial score (nSPS) is 10.4. The van der Waals surface area contributed by atoms with Gasteiger partial charge in [0, 0.05) is 17.1 Å². The molecule has 5 heteroatoms. The fraction of sp³-hybridized carbons (Fsp3) is 0.0769. The minimum absolute atomic E-state index is 0.0200. The molecule has 0 aliphatic rings. The predicted octanol–water partition coefficient (Wildman–Crippen LogP) is 4.88. The number of hydrogen-bond donors (Lipinski definition) is 1. The van der Waals surface area contributed by atoms with Crippen LogP contribution in [0.15, 0.2) is 36.4 Å². The van der Waals surface area contributed by atoms with Gasteiger partial charge in [0.1, 0.15) is 5.82 Å². The summed E-state index contributed by atoms with van der Waals surface area (Å²) in [7, 11) is 0. The highest BCUT2D eigenvalue weighted by Gasteiger charge is 2.07. The molecule has 0 unspecified atom stereocenters. The second-order valence-corrected chi connectivity index (χ2v) is 4.53. The molecule has 0 radical (unpaired) electrons.